The number of hydrazine groups is 1. The van der Waals surface area contributed by atoms with Crippen molar-refractivity contribution in [2.45, 2.75) is 25.2 Å². The molecule has 198 valence electrons. The molecule has 0 bridgehead atoms. The van der Waals surface area contributed by atoms with E-state index in [0.717, 1.165) is 21.3 Å². The van der Waals surface area contributed by atoms with Crippen LogP contribution in [-0.2, 0) is 22.6 Å². The lowest BCUT2D eigenvalue weighted by Gasteiger charge is -2.46. The Hall–Kier alpha value is -4.16. The third-order valence-corrected chi connectivity index (χ3v) is 7.77. The molecule has 2 aromatic carbocycles. The van der Waals surface area contributed by atoms with Crippen LogP contribution in [0.4, 0.5) is 15.6 Å². The predicted molar refractivity (Wildman–Crippen MR) is 146 cm³/mol. The number of fused-ring (bicyclic) bond motifs is 2. The highest BCUT2D eigenvalue weighted by atomic mass is 32.1. The van der Waals surface area contributed by atoms with E-state index in [9.17, 15) is 14.4 Å². The third kappa shape index (κ3) is 4.63. The Labute approximate surface area is 224 Å². The Morgan fingerprint density at radius 3 is 2.71 bits per heavy atom. The summed E-state index contributed by atoms with van der Waals surface area (Å²) in [7, 11) is 1.54. The van der Waals surface area contributed by atoms with Crippen LogP contribution in [0.1, 0.15) is 11.1 Å². The van der Waals surface area contributed by atoms with Gasteiger partial charge in [-0.1, -0.05) is 41.7 Å². The van der Waals surface area contributed by atoms with Crippen molar-refractivity contribution in [2.24, 2.45) is 0 Å². The minimum absolute atomic E-state index is 0.0243. The first-order valence-electron chi connectivity index (χ1n) is 12.3. The molecule has 2 saturated heterocycles. The van der Waals surface area contributed by atoms with Crippen LogP contribution < -0.4 is 16.8 Å². The number of amides is 4. The summed E-state index contributed by atoms with van der Waals surface area (Å²) in [6.45, 7) is 4.48. The summed E-state index contributed by atoms with van der Waals surface area (Å²) in [6, 6.07) is 12.0. The van der Waals surface area contributed by atoms with Gasteiger partial charge in [0.1, 0.15) is 12.2 Å². The second kappa shape index (κ2) is 10.3. The first-order valence-corrected chi connectivity index (χ1v) is 13.1. The molecule has 11 nitrogen and oxygen atoms in total. The monoisotopic (exact) mass is 534 g/mol. The lowest BCUT2D eigenvalue weighted by atomic mass is 9.99. The summed E-state index contributed by atoms with van der Waals surface area (Å²) in [5.74, 6) is -0.375. The number of rotatable bonds is 7. The summed E-state index contributed by atoms with van der Waals surface area (Å²) in [5.41, 5.74) is 15.0. The van der Waals surface area contributed by atoms with Gasteiger partial charge in [-0.15, -0.1) is 6.58 Å². The van der Waals surface area contributed by atoms with Gasteiger partial charge in [0.05, 0.1) is 29.9 Å². The number of carbonyl (C=O) groups is 3. The first kappa shape index (κ1) is 25.5. The largest absolute Gasteiger partial charge is 0.399 e. The molecule has 2 aliphatic heterocycles. The van der Waals surface area contributed by atoms with Crippen LogP contribution in [0.5, 0.6) is 0 Å². The third-order valence-electron chi connectivity index (χ3n) is 6.92. The number of benzene rings is 2. The van der Waals surface area contributed by atoms with Gasteiger partial charge >= 0.3 is 6.03 Å². The number of urea groups is 1. The maximum absolute atomic E-state index is 14.0. The van der Waals surface area contributed by atoms with E-state index in [-0.39, 0.29) is 37.5 Å². The molecule has 2 aliphatic rings. The highest BCUT2D eigenvalue weighted by molar-refractivity contribution is 7.22. The number of thiazole rings is 1. The number of hydrogen-bond donors (Lipinski definition) is 3. The summed E-state index contributed by atoms with van der Waals surface area (Å²) in [5, 5.41) is 6.28. The van der Waals surface area contributed by atoms with Crippen molar-refractivity contribution in [1.29, 1.82) is 0 Å². The van der Waals surface area contributed by atoms with Gasteiger partial charge in [-0.3, -0.25) is 14.6 Å². The van der Waals surface area contributed by atoms with Crippen LogP contribution in [0.2, 0.25) is 0 Å². The number of nitrogens with one attached hydrogen (secondary N) is 1. The average Bonchev–Trinajstić information content (AvgIpc) is 3.45. The number of nitrogens with two attached hydrogens (primary N) is 2. The molecule has 0 aliphatic carbocycles. The minimum Gasteiger partial charge on any atom is -0.399 e. The van der Waals surface area contributed by atoms with Crippen molar-refractivity contribution in [3.63, 3.8) is 0 Å². The van der Waals surface area contributed by atoms with Crippen LogP contribution in [0, 0.1) is 0 Å². The molecule has 0 radical (unpaired) electrons. The lowest BCUT2D eigenvalue weighted by molar-refractivity contribution is -0.157. The fourth-order valence-electron chi connectivity index (χ4n) is 5.18. The fraction of sp³-hybridized carbons (Fsp3) is 0.308. The van der Waals surface area contributed by atoms with Crippen LogP contribution in [0.15, 0.2) is 55.1 Å². The van der Waals surface area contributed by atoms with Gasteiger partial charge in [0.15, 0.2) is 5.13 Å². The van der Waals surface area contributed by atoms with Gasteiger partial charge in [-0.25, -0.2) is 9.78 Å². The number of piperazine rings is 1. The topological polar surface area (TPSA) is 141 Å². The van der Waals surface area contributed by atoms with Gasteiger partial charge in [-0.2, -0.15) is 5.01 Å². The van der Waals surface area contributed by atoms with Crippen molar-refractivity contribution in [3.05, 3.63) is 66.2 Å². The standard InChI is InChI=1S/C26H30N8O3S/c1-3-11-32(26(37)29-2)33-15-22(35)34-19(12-16-7-9-18(27)10-8-16)24(36)31(14-21(33)34)13-17-5-4-6-20-23(17)30-25(28)38-20/h3-10,19,21H,1,11-15,27H2,2H3,(H2,28,30)(H,29,37)/t19-,21+/m0/s1. The second-order valence-electron chi connectivity index (χ2n) is 9.30. The number of para-hydroxylation sites is 1. The van der Waals surface area contributed by atoms with Crippen LogP contribution in [0.25, 0.3) is 10.2 Å². The van der Waals surface area contributed by atoms with E-state index >= 15 is 0 Å². The molecule has 1 aromatic heterocycles. The zero-order valence-electron chi connectivity index (χ0n) is 21.0. The molecule has 5 rings (SSSR count). The van der Waals surface area contributed by atoms with E-state index in [2.05, 4.69) is 16.9 Å². The molecule has 2 atom stereocenters. The van der Waals surface area contributed by atoms with Crippen molar-refractivity contribution in [1.82, 2.24) is 30.1 Å². The maximum atomic E-state index is 14.0. The molecule has 38 heavy (non-hydrogen) atoms. The van der Waals surface area contributed by atoms with E-state index in [1.165, 1.54) is 23.4 Å². The zero-order chi connectivity index (χ0) is 27.0. The second-order valence-corrected chi connectivity index (χ2v) is 10.4. The number of nitrogens with zero attached hydrogens (tertiary/aromatic N) is 5. The number of hydrogen-bond acceptors (Lipinski definition) is 8. The lowest BCUT2D eigenvalue weighted by Crippen LogP contribution is -2.65. The zero-order valence-corrected chi connectivity index (χ0v) is 21.9. The summed E-state index contributed by atoms with van der Waals surface area (Å²) in [6.07, 6.45) is 1.39. The average molecular weight is 535 g/mol. The Kier molecular flexibility index (Phi) is 6.91. The van der Waals surface area contributed by atoms with Gasteiger partial charge in [-0.05, 0) is 29.3 Å². The van der Waals surface area contributed by atoms with Crippen molar-refractivity contribution in [3.8, 4) is 0 Å². The van der Waals surface area contributed by atoms with Crippen LogP contribution in [-0.4, -0.2) is 81.5 Å². The van der Waals surface area contributed by atoms with Gasteiger partial charge in [0, 0.05) is 25.7 Å². The molecule has 0 saturated carbocycles. The minimum atomic E-state index is -0.746. The maximum Gasteiger partial charge on any atom is 0.332 e. The molecule has 0 spiro atoms. The van der Waals surface area contributed by atoms with Crippen molar-refractivity contribution >= 4 is 50.2 Å². The Bertz CT molecular complexity index is 1390. The first-order chi connectivity index (χ1) is 18.3. The van der Waals surface area contributed by atoms with Gasteiger partial charge in [0.2, 0.25) is 11.8 Å². The van der Waals surface area contributed by atoms with Crippen LogP contribution >= 0.6 is 11.3 Å². The normalized spacial score (nSPS) is 19.6. The van der Waals surface area contributed by atoms with Crippen molar-refractivity contribution < 1.29 is 14.4 Å². The molecule has 12 heteroatoms. The smallest absolute Gasteiger partial charge is 0.332 e. The molecule has 3 aromatic rings. The molecular weight excluding hydrogens is 504 g/mol. The van der Waals surface area contributed by atoms with Gasteiger partial charge in [0.25, 0.3) is 0 Å². The van der Waals surface area contributed by atoms with E-state index in [1.807, 2.05) is 30.3 Å². The van der Waals surface area contributed by atoms with E-state index < -0.39 is 12.2 Å². The van der Waals surface area contributed by atoms with Crippen LogP contribution in [0.3, 0.4) is 0 Å². The number of aromatic nitrogens is 1. The number of carbonyl (C=O) groups excluding carboxylic acids is 3. The SMILES string of the molecule is C=CCN(C(=O)NC)N1CC(=O)N2[C@@H](Cc3ccc(N)cc3)C(=O)N(Cc3cccc4sc(N)nc34)C[C@@H]21. The summed E-state index contributed by atoms with van der Waals surface area (Å²) >= 11 is 1.40. The Morgan fingerprint density at radius 2 is 2.00 bits per heavy atom. The Balaban J connectivity index is 1.52. The summed E-state index contributed by atoms with van der Waals surface area (Å²) in [4.78, 5) is 47.9. The van der Waals surface area contributed by atoms with Crippen molar-refractivity contribution in [2.75, 3.05) is 38.1 Å². The Morgan fingerprint density at radius 1 is 1.24 bits per heavy atom. The highest BCUT2D eigenvalue weighted by Gasteiger charge is 2.52. The highest BCUT2D eigenvalue weighted by Crippen LogP contribution is 2.32. The molecule has 4 amide bonds. The van der Waals surface area contributed by atoms with E-state index in [1.54, 1.807) is 33.0 Å². The van der Waals surface area contributed by atoms with Gasteiger partial charge < -0.3 is 26.6 Å². The number of nitrogen functional groups attached to an aromatic ring is 2. The summed E-state index contributed by atoms with van der Waals surface area (Å²) < 4.78 is 0.943. The van der Waals surface area contributed by atoms with E-state index in [0.29, 0.717) is 23.8 Å². The molecule has 2 fully saturated rings. The molecule has 5 N–H and O–H groups in total. The fourth-order valence-corrected chi connectivity index (χ4v) is 5.96. The molecule has 3 heterocycles. The number of anilines is 2. The van der Waals surface area contributed by atoms with E-state index in [4.69, 9.17) is 11.5 Å². The molecule has 0 unspecified atom stereocenters. The predicted octanol–water partition coefficient (Wildman–Crippen LogP) is 1.63. The quantitative estimate of drug-likeness (QED) is 0.309. The molecular formula is C26H30N8O3S.